The van der Waals surface area contributed by atoms with Gasteiger partial charge in [0, 0.05) is 5.56 Å². The molecule has 1 aromatic carbocycles. The zero-order valence-electron chi connectivity index (χ0n) is 10.1. The summed E-state index contributed by atoms with van der Waals surface area (Å²) in [4.78, 5) is 15.9. The Morgan fingerprint density at radius 2 is 2.11 bits per heavy atom. The van der Waals surface area contributed by atoms with E-state index in [4.69, 9.17) is 4.74 Å². The molecule has 4 heteroatoms. The van der Waals surface area contributed by atoms with E-state index in [9.17, 15) is 9.90 Å². The first-order chi connectivity index (χ1) is 8.74. The molecule has 1 aromatic rings. The molecule has 0 bridgehead atoms. The van der Waals surface area contributed by atoms with Crippen LogP contribution in [0.4, 0.5) is 0 Å². The topological polar surface area (TPSA) is 58.9 Å². The highest BCUT2D eigenvalue weighted by Gasteiger charge is 2.47. The summed E-state index contributed by atoms with van der Waals surface area (Å²) < 4.78 is 5.48. The molecular formula is C14H15NO3. The molecule has 94 valence electrons. The summed E-state index contributed by atoms with van der Waals surface area (Å²) in [6, 6.07) is 7.59. The van der Waals surface area contributed by atoms with Crippen LogP contribution in [-0.2, 0) is 14.9 Å². The van der Waals surface area contributed by atoms with E-state index in [2.05, 4.69) is 4.99 Å². The van der Waals surface area contributed by atoms with Crippen LogP contribution >= 0.6 is 0 Å². The van der Waals surface area contributed by atoms with Crippen molar-refractivity contribution in [1.82, 2.24) is 0 Å². The molecule has 1 fully saturated rings. The molecule has 3 rings (SSSR count). The fourth-order valence-corrected chi connectivity index (χ4v) is 2.71. The van der Waals surface area contributed by atoms with Gasteiger partial charge in [-0.1, -0.05) is 24.6 Å². The lowest BCUT2D eigenvalue weighted by molar-refractivity contribution is -0.147. The molecule has 0 aromatic heterocycles. The van der Waals surface area contributed by atoms with Crippen LogP contribution in [-0.4, -0.2) is 30.1 Å². The Morgan fingerprint density at radius 1 is 1.33 bits per heavy atom. The molecule has 0 amide bonds. The second-order valence-corrected chi connectivity index (χ2v) is 4.82. The summed E-state index contributed by atoms with van der Waals surface area (Å²) >= 11 is 0. The average Bonchev–Trinajstić information content (AvgIpc) is 2.81. The Balaban J connectivity index is 2.09. The minimum absolute atomic E-state index is 0.587. The Bertz CT molecular complexity index is 518. The molecule has 1 saturated carbocycles. The van der Waals surface area contributed by atoms with E-state index in [0.29, 0.717) is 31.9 Å². The minimum Gasteiger partial charge on any atom is -0.481 e. The van der Waals surface area contributed by atoms with Crippen LogP contribution in [0.2, 0.25) is 0 Å². The van der Waals surface area contributed by atoms with Crippen LogP contribution in [0.25, 0.3) is 0 Å². The normalized spacial score (nSPS) is 20.8. The van der Waals surface area contributed by atoms with Crippen molar-refractivity contribution < 1.29 is 14.6 Å². The number of aliphatic imine (C=N–C) groups is 1. The van der Waals surface area contributed by atoms with Gasteiger partial charge in [0.2, 0.25) is 5.90 Å². The predicted molar refractivity (Wildman–Crippen MR) is 67.0 cm³/mol. The van der Waals surface area contributed by atoms with Gasteiger partial charge in [-0.3, -0.25) is 4.79 Å². The number of aliphatic carboxylic acids is 1. The highest BCUT2D eigenvalue weighted by atomic mass is 16.5. The summed E-state index contributed by atoms with van der Waals surface area (Å²) in [5.41, 5.74) is 0.965. The van der Waals surface area contributed by atoms with E-state index in [1.54, 1.807) is 0 Å². The van der Waals surface area contributed by atoms with Gasteiger partial charge in [-0.2, -0.15) is 0 Å². The predicted octanol–water partition coefficient (Wildman–Crippen LogP) is 1.97. The lowest BCUT2D eigenvalue weighted by Gasteiger charge is -2.39. The van der Waals surface area contributed by atoms with E-state index in [0.717, 1.165) is 17.5 Å². The zero-order chi connectivity index (χ0) is 12.6. The third kappa shape index (κ3) is 1.52. The number of nitrogens with zero attached hydrogens (tertiary/aromatic N) is 1. The van der Waals surface area contributed by atoms with Crippen molar-refractivity contribution in [3.8, 4) is 0 Å². The first kappa shape index (κ1) is 11.3. The molecule has 1 aliphatic heterocycles. The van der Waals surface area contributed by atoms with Crippen molar-refractivity contribution in [3.63, 3.8) is 0 Å². The SMILES string of the molecule is O=C(O)C1(c2ccccc2C2=NCCO2)CCC1. The van der Waals surface area contributed by atoms with Crippen molar-refractivity contribution in [3.05, 3.63) is 35.4 Å². The third-order valence-electron chi connectivity index (χ3n) is 3.88. The fourth-order valence-electron chi connectivity index (χ4n) is 2.71. The molecule has 0 saturated heterocycles. The molecule has 1 N–H and O–H groups in total. The van der Waals surface area contributed by atoms with Crippen LogP contribution in [0.3, 0.4) is 0 Å². The first-order valence-corrected chi connectivity index (χ1v) is 6.24. The summed E-state index contributed by atoms with van der Waals surface area (Å²) in [7, 11) is 0. The Labute approximate surface area is 105 Å². The van der Waals surface area contributed by atoms with Crippen molar-refractivity contribution in [1.29, 1.82) is 0 Å². The second-order valence-electron chi connectivity index (χ2n) is 4.82. The van der Waals surface area contributed by atoms with Crippen LogP contribution < -0.4 is 0 Å². The van der Waals surface area contributed by atoms with Crippen molar-refractivity contribution in [2.75, 3.05) is 13.2 Å². The van der Waals surface area contributed by atoms with Gasteiger partial charge in [0.05, 0.1) is 12.0 Å². The van der Waals surface area contributed by atoms with E-state index in [1.165, 1.54) is 0 Å². The van der Waals surface area contributed by atoms with Gasteiger partial charge in [0.25, 0.3) is 0 Å². The van der Waals surface area contributed by atoms with Crippen molar-refractivity contribution in [2.24, 2.45) is 4.99 Å². The summed E-state index contributed by atoms with van der Waals surface area (Å²) in [6.07, 6.45) is 2.37. The lowest BCUT2D eigenvalue weighted by Crippen LogP contribution is -2.43. The molecule has 1 aliphatic carbocycles. The smallest absolute Gasteiger partial charge is 0.314 e. The van der Waals surface area contributed by atoms with Crippen LogP contribution in [0.1, 0.15) is 30.4 Å². The quantitative estimate of drug-likeness (QED) is 0.885. The number of hydrogen-bond acceptors (Lipinski definition) is 3. The maximum absolute atomic E-state index is 11.6. The third-order valence-corrected chi connectivity index (χ3v) is 3.88. The Morgan fingerprint density at radius 3 is 2.67 bits per heavy atom. The lowest BCUT2D eigenvalue weighted by atomic mass is 9.63. The van der Waals surface area contributed by atoms with Gasteiger partial charge in [-0.25, -0.2) is 4.99 Å². The van der Waals surface area contributed by atoms with Gasteiger partial charge in [-0.15, -0.1) is 0 Å². The summed E-state index contributed by atoms with van der Waals surface area (Å²) in [5, 5.41) is 9.52. The van der Waals surface area contributed by atoms with Gasteiger partial charge in [0.15, 0.2) is 0 Å². The molecule has 18 heavy (non-hydrogen) atoms. The van der Waals surface area contributed by atoms with Gasteiger partial charge < -0.3 is 9.84 Å². The molecule has 0 unspecified atom stereocenters. The molecule has 2 aliphatic rings. The maximum Gasteiger partial charge on any atom is 0.314 e. The van der Waals surface area contributed by atoms with Crippen LogP contribution in [0.5, 0.6) is 0 Å². The fraction of sp³-hybridized carbons (Fsp3) is 0.429. The Hall–Kier alpha value is -1.84. The van der Waals surface area contributed by atoms with E-state index >= 15 is 0 Å². The number of hydrogen-bond donors (Lipinski definition) is 1. The van der Waals surface area contributed by atoms with Crippen LogP contribution in [0.15, 0.2) is 29.3 Å². The summed E-state index contributed by atoms with van der Waals surface area (Å²) in [6.45, 7) is 1.24. The van der Waals surface area contributed by atoms with E-state index < -0.39 is 11.4 Å². The molecule has 4 nitrogen and oxygen atoms in total. The standard InChI is InChI=1S/C14H15NO3/c16-13(17)14(6-3-7-14)11-5-2-1-4-10(11)12-15-8-9-18-12/h1-2,4-5H,3,6-9H2,(H,16,17). The van der Waals surface area contributed by atoms with Gasteiger partial charge in [0.1, 0.15) is 6.61 Å². The van der Waals surface area contributed by atoms with E-state index in [1.807, 2.05) is 24.3 Å². The Kier molecular flexibility index (Phi) is 2.58. The zero-order valence-corrected chi connectivity index (χ0v) is 10.1. The molecule has 0 spiro atoms. The van der Waals surface area contributed by atoms with E-state index in [-0.39, 0.29) is 0 Å². The second kappa shape index (κ2) is 4.12. The largest absolute Gasteiger partial charge is 0.481 e. The average molecular weight is 245 g/mol. The number of carbonyl (C=O) groups is 1. The molecule has 1 heterocycles. The van der Waals surface area contributed by atoms with Gasteiger partial charge in [-0.05, 0) is 24.5 Å². The number of carboxylic acid groups (broad SMARTS) is 1. The number of rotatable bonds is 3. The summed E-state index contributed by atoms with van der Waals surface area (Å²) in [5.74, 6) is -0.141. The highest BCUT2D eigenvalue weighted by molar-refractivity contribution is 5.99. The molecule has 0 radical (unpaired) electrons. The number of carboxylic acids is 1. The number of benzene rings is 1. The van der Waals surface area contributed by atoms with Crippen LogP contribution in [0, 0.1) is 0 Å². The number of ether oxygens (including phenoxy) is 1. The molecular weight excluding hydrogens is 230 g/mol. The minimum atomic E-state index is -0.736. The monoisotopic (exact) mass is 245 g/mol. The van der Waals surface area contributed by atoms with Crippen molar-refractivity contribution in [2.45, 2.75) is 24.7 Å². The van der Waals surface area contributed by atoms with Gasteiger partial charge >= 0.3 is 5.97 Å². The maximum atomic E-state index is 11.6. The van der Waals surface area contributed by atoms with Crippen molar-refractivity contribution >= 4 is 11.9 Å². The highest BCUT2D eigenvalue weighted by Crippen LogP contribution is 2.45. The molecule has 0 atom stereocenters. The first-order valence-electron chi connectivity index (χ1n) is 6.24.